The van der Waals surface area contributed by atoms with Gasteiger partial charge in [-0.3, -0.25) is 0 Å². The molecule has 0 aromatic heterocycles. The molecule has 0 spiro atoms. The minimum absolute atomic E-state index is 0.681. The number of hydrogen-bond acceptors (Lipinski definition) is 1. The molecule has 1 fully saturated rings. The zero-order valence-corrected chi connectivity index (χ0v) is 5.01. The van der Waals surface area contributed by atoms with E-state index in [1.807, 2.05) is 6.08 Å². The molecule has 0 unspecified atom stereocenters. The molecule has 0 aliphatic heterocycles. The molecule has 1 rings (SSSR count). The van der Waals surface area contributed by atoms with E-state index in [4.69, 9.17) is 5.11 Å². The average Bonchev–Trinajstić information content (AvgIpc) is 2.19. The first-order chi connectivity index (χ1) is 3.93. The van der Waals surface area contributed by atoms with Gasteiger partial charge in [-0.25, -0.2) is 0 Å². The van der Waals surface area contributed by atoms with Gasteiger partial charge >= 0.3 is 0 Å². The largest absolute Gasteiger partial charge is 0.516 e. The summed E-state index contributed by atoms with van der Waals surface area (Å²) in [5.74, 6) is 0.681. The second kappa shape index (κ2) is 2.75. The highest BCUT2D eigenvalue weighted by Gasteiger charge is 2.10. The van der Waals surface area contributed by atoms with Crippen LogP contribution in [0.4, 0.5) is 0 Å². The summed E-state index contributed by atoms with van der Waals surface area (Å²) in [6.07, 6.45) is 8.31. The van der Waals surface area contributed by atoms with E-state index >= 15 is 0 Å². The molecular formula is C7H12O. The zero-order chi connectivity index (χ0) is 5.82. The molecule has 1 nitrogen and oxygen atoms in total. The Labute approximate surface area is 50.0 Å². The second-order valence-corrected chi connectivity index (χ2v) is 2.39. The van der Waals surface area contributed by atoms with E-state index in [0.29, 0.717) is 5.92 Å². The van der Waals surface area contributed by atoms with E-state index in [1.54, 1.807) is 0 Å². The molecule has 0 aromatic rings. The van der Waals surface area contributed by atoms with E-state index < -0.39 is 0 Å². The minimum atomic E-state index is 0.681. The molecule has 1 heteroatoms. The van der Waals surface area contributed by atoms with Crippen LogP contribution >= 0.6 is 0 Å². The molecule has 0 radical (unpaired) electrons. The Hall–Kier alpha value is -0.460. The SMILES string of the molecule is O/C=C\C1CCCC1. The van der Waals surface area contributed by atoms with Crippen LogP contribution in [0.5, 0.6) is 0 Å². The Bertz CT molecular complexity index is 80.4. The Balaban J connectivity index is 2.24. The molecule has 46 valence electrons. The van der Waals surface area contributed by atoms with Crippen molar-refractivity contribution in [3.8, 4) is 0 Å². The van der Waals surface area contributed by atoms with Gasteiger partial charge in [0, 0.05) is 0 Å². The molecule has 0 amide bonds. The van der Waals surface area contributed by atoms with Crippen molar-refractivity contribution in [2.24, 2.45) is 5.92 Å². The average molecular weight is 112 g/mol. The topological polar surface area (TPSA) is 20.2 Å². The summed E-state index contributed by atoms with van der Waals surface area (Å²) in [6, 6.07) is 0. The quantitative estimate of drug-likeness (QED) is 0.516. The fourth-order valence-corrected chi connectivity index (χ4v) is 1.27. The Kier molecular flexibility index (Phi) is 1.95. The highest BCUT2D eigenvalue weighted by atomic mass is 16.2. The predicted octanol–water partition coefficient (Wildman–Crippen LogP) is 2.25. The van der Waals surface area contributed by atoms with Gasteiger partial charge < -0.3 is 5.11 Å². The number of rotatable bonds is 1. The van der Waals surface area contributed by atoms with Crippen molar-refractivity contribution in [2.45, 2.75) is 25.7 Å². The van der Waals surface area contributed by atoms with E-state index in [0.717, 1.165) is 0 Å². The van der Waals surface area contributed by atoms with Crippen LogP contribution in [0.1, 0.15) is 25.7 Å². The van der Waals surface area contributed by atoms with Crippen LogP contribution in [-0.4, -0.2) is 5.11 Å². The molecule has 0 atom stereocenters. The highest BCUT2D eigenvalue weighted by molar-refractivity contribution is 4.85. The molecule has 1 aliphatic carbocycles. The molecule has 1 aliphatic rings. The monoisotopic (exact) mass is 112 g/mol. The van der Waals surface area contributed by atoms with Crippen molar-refractivity contribution in [2.75, 3.05) is 0 Å². The first-order valence-electron chi connectivity index (χ1n) is 3.24. The van der Waals surface area contributed by atoms with Gasteiger partial charge in [0.1, 0.15) is 0 Å². The maximum Gasteiger partial charge on any atom is 0.0754 e. The van der Waals surface area contributed by atoms with Crippen molar-refractivity contribution in [3.05, 3.63) is 12.3 Å². The van der Waals surface area contributed by atoms with Crippen LogP contribution in [0.2, 0.25) is 0 Å². The number of allylic oxidation sites excluding steroid dienone is 1. The summed E-state index contributed by atoms with van der Waals surface area (Å²) >= 11 is 0. The second-order valence-electron chi connectivity index (χ2n) is 2.39. The summed E-state index contributed by atoms with van der Waals surface area (Å²) in [7, 11) is 0. The van der Waals surface area contributed by atoms with Gasteiger partial charge in [0.15, 0.2) is 0 Å². The summed E-state index contributed by atoms with van der Waals surface area (Å²) < 4.78 is 0. The fraction of sp³-hybridized carbons (Fsp3) is 0.714. The third kappa shape index (κ3) is 1.25. The van der Waals surface area contributed by atoms with Gasteiger partial charge in [-0.2, -0.15) is 0 Å². The maximum absolute atomic E-state index is 8.35. The normalized spacial score (nSPS) is 23.0. The third-order valence-electron chi connectivity index (χ3n) is 1.76. The summed E-state index contributed by atoms with van der Waals surface area (Å²) in [4.78, 5) is 0. The molecular weight excluding hydrogens is 100 g/mol. The highest BCUT2D eigenvalue weighted by Crippen LogP contribution is 2.25. The van der Waals surface area contributed by atoms with Crippen molar-refractivity contribution in [1.82, 2.24) is 0 Å². The van der Waals surface area contributed by atoms with Crippen LogP contribution in [0.25, 0.3) is 0 Å². The Morgan fingerprint density at radius 1 is 1.25 bits per heavy atom. The van der Waals surface area contributed by atoms with Crippen molar-refractivity contribution >= 4 is 0 Å². The van der Waals surface area contributed by atoms with Crippen LogP contribution in [0.3, 0.4) is 0 Å². The lowest BCUT2D eigenvalue weighted by Gasteiger charge is -1.95. The molecule has 0 aromatic carbocycles. The molecule has 1 saturated carbocycles. The molecule has 0 saturated heterocycles. The lowest BCUT2D eigenvalue weighted by Crippen LogP contribution is -1.83. The predicted molar refractivity (Wildman–Crippen MR) is 33.7 cm³/mol. The molecule has 0 bridgehead atoms. The molecule has 0 heterocycles. The first-order valence-corrected chi connectivity index (χ1v) is 3.24. The van der Waals surface area contributed by atoms with Gasteiger partial charge in [0.05, 0.1) is 6.26 Å². The van der Waals surface area contributed by atoms with Crippen LogP contribution in [-0.2, 0) is 0 Å². The van der Waals surface area contributed by atoms with Crippen molar-refractivity contribution in [3.63, 3.8) is 0 Å². The summed E-state index contributed by atoms with van der Waals surface area (Å²) in [5.41, 5.74) is 0. The smallest absolute Gasteiger partial charge is 0.0754 e. The van der Waals surface area contributed by atoms with Gasteiger partial charge in [-0.15, -0.1) is 0 Å². The van der Waals surface area contributed by atoms with Crippen LogP contribution < -0.4 is 0 Å². The number of aliphatic hydroxyl groups is 1. The Morgan fingerprint density at radius 2 is 1.88 bits per heavy atom. The number of hydrogen-bond donors (Lipinski definition) is 1. The maximum atomic E-state index is 8.35. The van der Waals surface area contributed by atoms with Gasteiger partial charge in [0.2, 0.25) is 0 Å². The van der Waals surface area contributed by atoms with Crippen molar-refractivity contribution < 1.29 is 5.11 Å². The Morgan fingerprint density at radius 3 is 2.38 bits per heavy atom. The lowest BCUT2D eigenvalue weighted by molar-refractivity contribution is 0.463. The third-order valence-corrected chi connectivity index (χ3v) is 1.76. The van der Waals surface area contributed by atoms with Crippen LogP contribution in [0.15, 0.2) is 12.3 Å². The number of aliphatic hydroxyl groups excluding tert-OH is 1. The van der Waals surface area contributed by atoms with E-state index in [9.17, 15) is 0 Å². The summed E-state index contributed by atoms with van der Waals surface area (Å²) in [6.45, 7) is 0. The van der Waals surface area contributed by atoms with Gasteiger partial charge in [0.25, 0.3) is 0 Å². The first kappa shape index (κ1) is 5.67. The van der Waals surface area contributed by atoms with E-state index in [2.05, 4.69) is 0 Å². The fourth-order valence-electron chi connectivity index (χ4n) is 1.27. The molecule has 1 N–H and O–H groups in total. The summed E-state index contributed by atoms with van der Waals surface area (Å²) in [5, 5.41) is 8.35. The lowest BCUT2D eigenvalue weighted by atomic mass is 10.1. The van der Waals surface area contributed by atoms with Gasteiger partial charge in [-0.1, -0.05) is 12.8 Å². The van der Waals surface area contributed by atoms with E-state index in [-0.39, 0.29) is 0 Å². The van der Waals surface area contributed by atoms with Crippen molar-refractivity contribution in [1.29, 1.82) is 0 Å². The van der Waals surface area contributed by atoms with Gasteiger partial charge in [-0.05, 0) is 24.8 Å². The van der Waals surface area contributed by atoms with E-state index in [1.165, 1.54) is 31.9 Å². The molecule has 8 heavy (non-hydrogen) atoms. The van der Waals surface area contributed by atoms with Crippen LogP contribution in [0, 0.1) is 5.92 Å². The standard InChI is InChI=1S/C7H12O/c8-6-5-7-3-1-2-4-7/h5-8H,1-4H2/b6-5-. The minimum Gasteiger partial charge on any atom is -0.516 e. The zero-order valence-electron chi connectivity index (χ0n) is 5.01.